The smallest absolute Gasteiger partial charge is 0.356 e. The summed E-state index contributed by atoms with van der Waals surface area (Å²) in [5, 5.41) is 1.66. The van der Waals surface area contributed by atoms with Gasteiger partial charge in [-0.2, -0.15) is 8.42 Å². The predicted octanol–water partition coefficient (Wildman–Crippen LogP) is 1.81. The van der Waals surface area contributed by atoms with E-state index in [4.69, 9.17) is 5.73 Å². The Morgan fingerprint density at radius 1 is 1.07 bits per heavy atom. The fraction of sp³-hybridized carbons (Fsp3) is 0.550. The number of hydrogen-bond donors (Lipinski definition) is 2. The number of sulfonamides is 1. The third-order valence-corrected chi connectivity index (χ3v) is 6.50. The SMILES string of the molecule is NC(=O)S(=O)(=O)N=C(C1CCC(NC(=O)Cc2ccccc2)CC1)N1CCCC1. The number of rotatable bonds is 5. The number of carbonyl (C=O) groups is 2. The average molecular weight is 421 g/mol. The van der Waals surface area contributed by atoms with Crippen LogP contribution in [-0.4, -0.2) is 49.4 Å². The van der Waals surface area contributed by atoms with E-state index in [2.05, 4.69) is 9.71 Å². The molecule has 0 atom stereocenters. The third-order valence-electron chi connectivity index (χ3n) is 5.56. The number of amidine groups is 1. The van der Waals surface area contributed by atoms with Crippen LogP contribution in [0, 0.1) is 5.92 Å². The van der Waals surface area contributed by atoms with E-state index in [9.17, 15) is 18.0 Å². The van der Waals surface area contributed by atoms with Gasteiger partial charge in [0, 0.05) is 25.0 Å². The van der Waals surface area contributed by atoms with Crippen LogP contribution in [0.2, 0.25) is 0 Å². The van der Waals surface area contributed by atoms with Gasteiger partial charge < -0.3 is 16.0 Å². The highest BCUT2D eigenvalue weighted by Gasteiger charge is 2.32. The molecule has 0 bridgehead atoms. The number of hydrogen-bond acceptors (Lipinski definition) is 4. The highest BCUT2D eigenvalue weighted by atomic mass is 32.2. The largest absolute Gasteiger partial charge is 0.359 e. The van der Waals surface area contributed by atoms with Gasteiger partial charge in [-0.15, -0.1) is 4.40 Å². The summed E-state index contributed by atoms with van der Waals surface area (Å²) in [5.74, 6) is 0.393. The first-order valence-electron chi connectivity index (χ1n) is 10.1. The van der Waals surface area contributed by atoms with Crippen molar-refractivity contribution in [2.45, 2.75) is 51.0 Å². The zero-order valence-corrected chi connectivity index (χ0v) is 17.2. The van der Waals surface area contributed by atoms with Crippen LogP contribution in [0.15, 0.2) is 34.7 Å². The number of likely N-dealkylation sites (tertiary alicyclic amines) is 1. The first kappa shape index (κ1) is 21.3. The number of benzene rings is 1. The minimum atomic E-state index is -4.34. The predicted molar refractivity (Wildman–Crippen MR) is 111 cm³/mol. The molecule has 9 heteroatoms. The highest BCUT2D eigenvalue weighted by molar-refractivity contribution is 8.04. The summed E-state index contributed by atoms with van der Waals surface area (Å²) in [6.45, 7) is 1.47. The number of nitrogens with two attached hydrogens (primary N) is 1. The summed E-state index contributed by atoms with van der Waals surface area (Å²) in [6, 6.07) is 9.65. The molecule has 3 N–H and O–H groups in total. The summed E-state index contributed by atoms with van der Waals surface area (Å²) < 4.78 is 27.8. The Balaban J connectivity index is 1.60. The van der Waals surface area contributed by atoms with Crippen LogP contribution in [0.4, 0.5) is 4.79 Å². The van der Waals surface area contributed by atoms with Crippen LogP contribution in [0.1, 0.15) is 44.1 Å². The summed E-state index contributed by atoms with van der Waals surface area (Å²) in [6.07, 6.45) is 5.20. The van der Waals surface area contributed by atoms with E-state index in [1.807, 2.05) is 35.2 Å². The number of nitrogens with one attached hydrogen (secondary N) is 1. The van der Waals surface area contributed by atoms with Gasteiger partial charge in [0.05, 0.1) is 6.42 Å². The average Bonchev–Trinajstić information content (AvgIpc) is 3.22. The minimum absolute atomic E-state index is 0.00982. The first-order chi connectivity index (χ1) is 13.8. The van der Waals surface area contributed by atoms with Gasteiger partial charge in [0.1, 0.15) is 5.84 Å². The molecule has 158 valence electrons. The van der Waals surface area contributed by atoms with E-state index in [0.29, 0.717) is 25.1 Å². The lowest BCUT2D eigenvalue weighted by molar-refractivity contribution is -0.121. The molecule has 1 aliphatic heterocycles. The van der Waals surface area contributed by atoms with Gasteiger partial charge in [0.2, 0.25) is 5.91 Å². The Bertz CT molecular complexity index is 856. The molecule has 2 amide bonds. The first-order valence-corrected chi connectivity index (χ1v) is 11.5. The van der Waals surface area contributed by atoms with E-state index >= 15 is 0 Å². The molecule has 0 spiro atoms. The maximum Gasteiger partial charge on any atom is 0.356 e. The van der Waals surface area contributed by atoms with Gasteiger partial charge in [-0.25, -0.2) is 0 Å². The van der Waals surface area contributed by atoms with E-state index in [1.165, 1.54) is 0 Å². The molecule has 0 unspecified atom stereocenters. The lowest BCUT2D eigenvalue weighted by atomic mass is 9.84. The van der Waals surface area contributed by atoms with Gasteiger partial charge in [-0.3, -0.25) is 9.59 Å². The maximum atomic E-state index is 12.3. The Labute approximate surface area is 171 Å². The van der Waals surface area contributed by atoms with Crippen molar-refractivity contribution in [2.24, 2.45) is 16.0 Å². The van der Waals surface area contributed by atoms with Crippen LogP contribution in [0.5, 0.6) is 0 Å². The standard InChI is InChI=1S/C20H28N4O4S/c21-20(26)29(27,28)23-19(24-12-4-5-13-24)16-8-10-17(11-9-16)22-18(25)14-15-6-2-1-3-7-15/h1-3,6-7,16-17H,4-5,8-14H2,(H2,21,26)(H,22,25). The molecule has 8 nitrogen and oxygen atoms in total. The van der Waals surface area contributed by atoms with Gasteiger partial charge in [-0.1, -0.05) is 30.3 Å². The molecule has 29 heavy (non-hydrogen) atoms. The molecular weight excluding hydrogens is 392 g/mol. The second-order valence-electron chi connectivity index (χ2n) is 7.72. The minimum Gasteiger partial charge on any atom is -0.359 e. The van der Waals surface area contributed by atoms with Crippen molar-refractivity contribution in [3.8, 4) is 0 Å². The normalized spacial score (nSPS) is 23.0. The Morgan fingerprint density at radius 2 is 1.69 bits per heavy atom. The van der Waals surface area contributed by atoms with E-state index in [0.717, 1.165) is 44.3 Å². The molecule has 2 fully saturated rings. The molecule has 1 heterocycles. The quantitative estimate of drug-likeness (QED) is 0.556. The molecule has 0 radical (unpaired) electrons. The molecule has 1 saturated heterocycles. The maximum absolute atomic E-state index is 12.3. The Kier molecular flexibility index (Phi) is 6.89. The van der Waals surface area contributed by atoms with Crippen LogP contribution >= 0.6 is 0 Å². The number of amides is 2. The molecule has 1 saturated carbocycles. The lowest BCUT2D eigenvalue weighted by Crippen LogP contribution is -2.42. The molecular formula is C20H28N4O4S. The van der Waals surface area contributed by atoms with Crippen LogP contribution < -0.4 is 11.1 Å². The van der Waals surface area contributed by atoms with Gasteiger partial charge in [0.25, 0.3) is 0 Å². The summed E-state index contributed by atoms with van der Waals surface area (Å²) in [7, 11) is -4.34. The number of nitrogens with zero attached hydrogens (tertiary/aromatic N) is 2. The Morgan fingerprint density at radius 3 is 2.28 bits per heavy atom. The lowest BCUT2D eigenvalue weighted by Gasteiger charge is -2.33. The van der Waals surface area contributed by atoms with Crippen molar-refractivity contribution in [3.05, 3.63) is 35.9 Å². The number of primary amides is 1. The molecule has 0 aromatic heterocycles. The third kappa shape index (κ3) is 5.79. The molecule has 1 aliphatic carbocycles. The van der Waals surface area contributed by atoms with E-state index in [1.54, 1.807) is 0 Å². The topological polar surface area (TPSA) is 122 Å². The van der Waals surface area contributed by atoms with Crippen LogP contribution in [0.3, 0.4) is 0 Å². The van der Waals surface area contributed by atoms with Crippen molar-refractivity contribution in [2.75, 3.05) is 13.1 Å². The van der Waals surface area contributed by atoms with E-state index < -0.39 is 15.3 Å². The fourth-order valence-electron chi connectivity index (χ4n) is 4.06. The fourth-order valence-corrected chi connectivity index (χ4v) is 4.66. The van der Waals surface area contributed by atoms with Gasteiger partial charge in [-0.05, 0) is 44.1 Å². The molecule has 2 aliphatic rings. The summed E-state index contributed by atoms with van der Waals surface area (Å²) in [5.41, 5.74) is 5.96. The second kappa shape index (κ2) is 9.39. The summed E-state index contributed by atoms with van der Waals surface area (Å²) in [4.78, 5) is 25.5. The molecule has 1 aromatic rings. The van der Waals surface area contributed by atoms with Crippen molar-refractivity contribution < 1.29 is 18.0 Å². The highest BCUT2D eigenvalue weighted by Crippen LogP contribution is 2.29. The summed E-state index contributed by atoms with van der Waals surface area (Å²) >= 11 is 0. The Hall–Kier alpha value is -2.42. The number of carbonyl (C=O) groups excluding carboxylic acids is 2. The zero-order valence-electron chi connectivity index (χ0n) is 16.4. The zero-order chi connectivity index (χ0) is 20.9. The molecule has 1 aromatic carbocycles. The monoisotopic (exact) mass is 420 g/mol. The van der Waals surface area contributed by atoms with E-state index in [-0.39, 0.29) is 17.9 Å². The second-order valence-corrected chi connectivity index (χ2v) is 9.25. The van der Waals surface area contributed by atoms with Gasteiger partial charge in [0.15, 0.2) is 0 Å². The van der Waals surface area contributed by atoms with Crippen molar-refractivity contribution in [1.82, 2.24) is 10.2 Å². The van der Waals surface area contributed by atoms with Crippen molar-refractivity contribution in [3.63, 3.8) is 0 Å². The molecule has 3 rings (SSSR count). The van der Waals surface area contributed by atoms with Gasteiger partial charge >= 0.3 is 15.3 Å². The van der Waals surface area contributed by atoms with Crippen molar-refractivity contribution >= 4 is 27.0 Å². The van der Waals surface area contributed by atoms with Crippen LogP contribution in [0.25, 0.3) is 0 Å². The van der Waals surface area contributed by atoms with Crippen molar-refractivity contribution in [1.29, 1.82) is 0 Å². The van der Waals surface area contributed by atoms with Crippen LogP contribution in [-0.2, 0) is 21.2 Å².